The van der Waals surface area contributed by atoms with E-state index in [-0.39, 0.29) is 24.2 Å². The van der Waals surface area contributed by atoms with Gasteiger partial charge in [-0.3, -0.25) is 9.48 Å². The molecule has 5 heterocycles. The molecule has 2 bridgehead atoms. The number of rotatable bonds is 8. The highest BCUT2D eigenvalue weighted by molar-refractivity contribution is 5.76. The van der Waals surface area contributed by atoms with Gasteiger partial charge < -0.3 is 20.4 Å². The molecular weight excluding hydrogens is 497 g/mol. The molecule has 0 saturated carbocycles. The summed E-state index contributed by atoms with van der Waals surface area (Å²) >= 11 is 0. The highest BCUT2D eigenvalue weighted by Crippen LogP contribution is 2.40. The summed E-state index contributed by atoms with van der Waals surface area (Å²) in [6, 6.07) is 1.45. The van der Waals surface area contributed by atoms with Crippen LogP contribution in [0.4, 0.5) is 30.6 Å². The Balaban J connectivity index is 1.25. The van der Waals surface area contributed by atoms with E-state index >= 15 is 0 Å². The van der Waals surface area contributed by atoms with Crippen LogP contribution >= 0.6 is 0 Å². The number of piperidine rings is 1. The topological polar surface area (TPSA) is 91.2 Å². The molecular formula is C26H37F3N8O. The van der Waals surface area contributed by atoms with Gasteiger partial charge in [0.15, 0.2) is 0 Å². The zero-order valence-corrected chi connectivity index (χ0v) is 22.1. The van der Waals surface area contributed by atoms with Gasteiger partial charge in [-0.25, -0.2) is 4.98 Å². The molecule has 2 N–H and O–H groups in total. The summed E-state index contributed by atoms with van der Waals surface area (Å²) < 4.78 is 43.0. The number of alkyl halides is 3. The second kappa shape index (κ2) is 11.1. The van der Waals surface area contributed by atoms with Crippen LogP contribution in [0.15, 0.2) is 12.4 Å². The molecule has 38 heavy (non-hydrogen) atoms. The smallest absolute Gasteiger partial charge is 0.369 e. The van der Waals surface area contributed by atoms with E-state index < -0.39 is 11.7 Å². The molecule has 3 saturated heterocycles. The standard InChI is InChI=1S/C26H37F3N8O/c1-17-22(16-37(34-17)20-13-18-8-9-19(14-20)35(18)2)32-25-31-15-21(26(27,28)29)24(33-25)30-10-6-12-36-11-5-3-4-7-23(36)38/h15-16,18-20H,3-14H2,1-2H3,(H2,30,31,32,33). The summed E-state index contributed by atoms with van der Waals surface area (Å²) in [5, 5.41) is 10.6. The Kier molecular flexibility index (Phi) is 7.78. The van der Waals surface area contributed by atoms with Crippen molar-refractivity contribution < 1.29 is 18.0 Å². The van der Waals surface area contributed by atoms with Gasteiger partial charge in [-0.2, -0.15) is 23.3 Å². The molecule has 5 rings (SSSR count). The van der Waals surface area contributed by atoms with E-state index in [0.29, 0.717) is 49.7 Å². The van der Waals surface area contributed by atoms with Crippen molar-refractivity contribution in [3.05, 3.63) is 23.7 Å². The first-order valence-electron chi connectivity index (χ1n) is 13.7. The molecule has 0 aromatic carbocycles. The van der Waals surface area contributed by atoms with Gasteiger partial charge in [0.1, 0.15) is 11.4 Å². The van der Waals surface area contributed by atoms with Crippen molar-refractivity contribution in [1.82, 2.24) is 29.5 Å². The minimum absolute atomic E-state index is 0.0780. The van der Waals surface area contributed by atoms with E-state index in [0.717, 1.165) is 44.0 Å². The molecule has 3 fully saturated rings. The fraction of sp³-hybridized carbons (Fsp3) is 0.692. The summed E-state index contributed by atoms with van der Waals surface area (Å²) in [4.78, 5) is 24.6. The number of carbonyl (C=O) groups excluding carboxylic acids is 1. The van der Waals surface area contributed by atoms with Crippen molar-refractivity contribution in [3.8, 4) is 0 Å². The minimum atomic E-state index is -4.59. The average molecular weight is 535 g/mol. The minimum Gasteiger partial charge on any atom is -0.369 e. The van der Waals surface area contributed by atoms with Crippen molar-refractivity contribution >= 4 is 23.4 Å². The van der Waals surface area contributed by atoms with Crippen LogP contribution < -0.4 is 10.6 Å². The van der Waals surface area contributed by atoms with Crippen LogP contribution in [0.2, 0.25) is 0 Å². The maximum absolute atomic E-state index is 13.7. The van der Waals surface area contributed by atoms with Crippen LogP contribution in [-0.4, -0.2) is 74.2 Å². The van der Waals surface area contributed by atoms with E-state index in [1.165, 1.54) is 12.8 Å². The van der Waals surface area contributed by atoms with Crippen molar-refractivity contribution in [2.24, 2.45) is 0 Å². The largest absolute Gasteiger partial charge is 0.421 e. The second-order valence-corrected chi connectivity index (χ2v) is 10.8. The molecule has 2 aromatic rings. The molecule has 1 amide bonds. The van der Waals surface area contributed by atoms with Crippen molar-refractivity contribution in [1.29, 1.82) is 0 Å². The lowest BCUT2D eigenvalue weighted by molar-refractivity contribution is -0.137. The fourth-order valence-corrected chi connectivity index (χ4v) is 6.05. The van der Waals surface area contributed by atoms with Gasteiger partial charge in [0.05, 0.1) is 17.4 Å². The van der Waals surface area contributed by atoms with Gasteiger partial charge in [0.2, 0.25) is 11.9 Å². The summed E-state index contributed by atoms with van der Waals surface area (Å²) in [6.45, 7) is 3.36. The molecule has 0 radical (unpaired) electrons. The van der Waals surface area contributed by atoms with Crippen LogP contribution in [0.5, 0.6) is 0 Å². The third-order valence-electron chi connectivity index (χ3n) is 8.27. The van der Waals surface area contributed by atoms with Gasteiger partial charge in [-0.15, -0.1) is 0 Å². The number of halogens is 3. The zero-order chi connectivity index (χ0) is 26.9. The molecule has 3 aliphatic heterocycles. The summed E-state index contributed by atoms with van der Waals surface area (Å²) in [7, 11) is 2.20. The Bertz CT molecular complexity index is 1120. The number of hydrogen-bond donors (Lipinski definition) is 2. The van der Waals surface area contributed by atoms with Crippen LogP contribution in [0.1, 0.15) is 75.1 Å². The third kappa shape index (κ3) is 5.89. The third-order valence-corrected chi connectivity index (χ3v) is 8.27. The molecule has 12 heteroatoms. The Labute approximate surface area is 221 Å². The fourth-order valence-electron chi connectivity index (χ4n) is 6.05. The first-order chi connectivity index (χ1) is 18.2. The van der Waals surface area contributed by atoms with Gasteiger partial charge in [0, 0.05) is 50.5 Å². The van der Waals surface area contributed by atoms with Crippen LogP contribution in [-0.2, 0) is 11.0 Å². The lowest BCUT2D eigenvalue weighted by Crippen LogP contribution is -2.40. The molecule has 9 nitrogen and oxygen atoms in total. The van der Waals surface area contributed by atoms with E-state index in [1.54, 1.807) is 0 Å². The second-order valence-electron chi connectivity index (χ2n) is 10.8. The number of aryl methyl sites for hydroxylation is 1. The Hall–Kier alpha value is -2.89. The number of hydrogen-bond acceptors (Lipinski definition) is 7. The first-order valence-corrected chi connectivity index (χ1v) is 13.7. The number of carbonyl (C=O) groups is 1. The lowest BCUT2D eigenvalue weighted by atomic mass is 9.98. The number of likely N-dealkylation sites (tertiary alicyclic amines) is 1. The predicted octanol–water partition coefficient (Wildman–Crippen LogP) is 4.75. The SMILES string of the molecule is Cc1nn(C2CC3CCC(C2)N3C)cc1Nc1ncc(C(F)(F)F)c(NCCCN2CCCCCC2=O)n1. The van der Waals surface area contributed by atoms with Crippen LogP contribution in [0.25, 0.3) is 0 Å². The number of fused-ring (bicyclic) bond motifs is 2. The van der Waals surface area contributed by atoms with E-state index in [2.05, 4.69) is 32.5 Å². The van der Waals surface area contributed by atoms with E-state index in [4.69, 9.17) is 5.10 Å². The molecule has 0 aliphatic carbocycles. The van der Waals surface area contributed by atoms with Crippen LogP contribution in [0.3, 0.4) is 0 Å². The summed E-state index contributed by atoms with van der Waals surface area (Å²) in [5.74, 6) is -0.0701. The quantitative estimate of drug-likeness (QED) is 0.473. The number of nitrogens with one attached hydrogen (secondary N) is 2. The van der Waals surface area contributed by atoms with Gasteiger partial charge in [-0.1, -0.05) is 6.42 Å². The Morgan fingerprint density at radius 1 is 1.11 bits per heavy atom. The van der Waals surface area contributed by atoms with Crippen molar-refractivity contribution in [2.75, 3.05) is 37.3 Å². The normalized spacial score (nSPS) is 24.5. The van der Waals surface area contributed by atoms with E-state index in [1.807, 2.05) is 22.7 Å². The molecule has 2 aromatic heterocycles. The maximum Gasteiger partial charge on any atom is 0.421 e. The highest BCUT2D eigenvalue weighted by atomic mass is 19.4. The van der Waals surface area contributed by atoms with Crippen molar-refractivity contribution in [3.63, 3.8) is 0 Å². The first kappa shape index (κ1) is 26.7. The van der Waals surface area contributed by atoms with Gasteiger partial charge in [-0.05, 0) is 58.9 Å². The molecule has 2 atom stereocenters. The molecule has 2 unspecified atom stereocenters. The number of nitrogens with zero attached hydrogens (tertiary/aromatic N) is 6. The highest BCUT2D eigenvalue weighted by Gasteiger charge is 2.39. The van der Waals surface area contributed by atoms with Gasteiger partial charge >= 0.3 is 6.18 Å². The maximum atomic E-state index is 13.7. The monoisotopic (exact) mass is 534 g/mol. The number of aromatic nitrogens is 4. The predicted molar refractivity (Wildman–Crippen MR) is 138 cm³/mol. The van der Waals surface area contributed by atoms with Crippen LogP contribution in [0, 0.1) is 6.92 Å². The Morgan fingerprint density at radius 2 is 1.87 bits per heavy atom. The van der Waals surface area contributed by atoms with Gasteiger partial charge in [0.25, 0.3) is 0 Å². The lowest BCUT2D eigenvalue weighted by Gasteiger charge is -2.36. The Morgan fingerprint density at radius 3 is 2.61 bits per heavy atom. The van der Waals surface area contributed by atoms with Crippen molar-refractivity contribution in [2.45, 2.75) is 89.0 Å². The molecule has 3 aliphatic rings. The van der Waals surface area contributed by atoms with E-state index in [9.17, 15) is 18.0 Å². The zero-order valence-electron chi connectivity index (χ0n) is 22.1. The summed E-state index contributed by atoms with van der Waals surface area (Å²) in [6.07, 6.45) is 6.62. The molecule has 0 spiro atoms. The number of amides is 1. The molecule has 208 valence electrons. The average Bonchev–Trinajstić information content (AvgIpc) is 3.20. The summed E-state index contributed by atoms with van der Waals surface area (Å²) in [5.41, 5.74) is 0.515. The number of anilines is 3.